The molecule has 0 aromatic carbocycles. The number of amides is 1. The lowest BCUT2D eigenvalue weighted by Gasteiger charge is -2.33. The molecule has 2 heterocycles. The highest BCUT2D eigenvalue weighted by atomic mass is 16.1. The standard InChI is InChI=1S/C12H19N5O/c1-8-11(14)15-7-16-12(8)17-4-2-9(3-5-17)6-10(13)18/h7,9H,2-6H2,1H3,(H2,13,18)(H2,14,15,16). The largest absolute Gasteiger partial charge is 0.383 e. The van der Waals surface area contributed by atoms with Gasteiger partial charge in [0.05, 0.1) is 0 Å². The molecular weight excluding hydrogens is 230 g/mol. The van der Waals surface area contributed by atoms with Crippen LogP contribution in [0.5, 0.6) is 0 Å². The van der Waals surface area contributed by atoms with Crippen LogP contribution in [0.3, 0.4) is 0 Å². The van der Waals surface area contributed by atoms with Crippen molar-refractivity contribution in [1.29, 1.82) is 0 Å². The summed E-state index contributed by atoms with van der Waals surface area (Å²) in [5.74, 6) is 1.62. The average Bonchev–Trinajstić information content (AvgIpc) is 2.33. The van der Waals surface area contributed by atoms with Crippen molar-refractivity contribution in [3.05, 3.63) is 11.9 Å². The molecule has 4 N–H and O–H groups in total. The molecule has 0 spiro atoms. The summed E-state index contributed by atoms with van der Waals surface area (Å²) in [4.78, 5) is 21.3. The Morgan fingerprint density at radius 2 is 2.11 bits per heavy atom. The van der Waals surface area contributed by atoms with Crippen LogP contribution in [0.4, 0.5) is 11.6 Å². The molecule has 18 heavy (non-hydrogen) atoms. The van der Waals surface area contributed by atoms with Crippen molar-refractivity contribution in [2.24, 2.45) is 11.7 Å². The van der Waals surface area contributed by atoms with E-state index < -0.39 is 0 Å². The number of nitrogens with zero attached hydrogens (tertiary/aromatic N) is 3. The van der Waals surface area contributed by atoms with Crippen LogP contribution in [0.2, 0.25) is 0 Å². The first kappa shape index (κ1) is 12.6. The third-order valence-corrected chi connectivity index (χ3v) is 3.50. The lowest BCUT2D eigenvalue weighted by Crippen LogP contribution is -2.36. The number of nitrogens with two attached hydrogens (primary N) is 2. The fraction of sp³-hybridized carbons (Fsp3) is 0.583. The lowest BCUT2D eigenvalue weighted by atomic mass is 9.93. The van der Waals surface area contributed by atoms with Gasteiger partial charge in [-0.3, -0.25) is 4.79 Å². The Morgan fingerprint density at radius 3 is 2.72 bits per heavy atom. The van der Waals surface area contributed by atoms with Crippen molar-refractivity contribution in [1.82, 2.24) is 9.97 Å². The van der Waals surface area contributed by atoms with Gasteiger partial charge in [-0.2, -0.15) is 0 Å². The number of nitrogen functional groups attached to an aromatic ring is 1. The summed E-state index contributed by atoms with van der Waals surface area (Å²) in [6, 6.07) is 0. The molecule has 0 bridgehead atoms. The highest BCUT2D eigenvalue weighted by Gasteiger charge is 2.22. The van der Waals surface area contributed by atoms with Crippen LogP contribution in [-0.2, 0) is 4.79 Å². The number of rotatable bonds is 3. The van der Waals surface area contributed by atoms with Crippen molar-refractivity contribution in [3.8, 4) is 0 Å². The van der Waals surface area contributed by atoms with Crippen molar-refractivity contribution < 1.29 is 4.79 Å². The molecule has 0 atom stereocenters. The van der Waals surface area contributed by atoms with Crippen LogP contribution in [0.15, 0.2) is 6.33 Å². The molecule has 1 amide bonds. The number of aromatic nitrogens is 2. The van der Waals surface area contributed by atoms with Crippen LogP contribution in [0, 0.1) is 12.8 Å². The quantitative estimate of drug-likeness (QED) is 0.811. The van der Waals surface area contributed by atoms with Gasteiger partial charge in [-0.15, -0.1) is 0 Å². The van der Waals surface area contributed by atoms with Crippen LogP contribution in [0.1, 0.15) is 24.8 Å². The zero-order valence-corrected chi connectivity index (χ0v) is 10.6. The highest BCUT2D eigenvalue weighted by Crippen LogP contribution is 2.26. The van der Waals surface area contributed by atoms with Crippen molar-refractivity contribution in [3.63, 3.8) is 0 Å². The lowest BCUT2D eigenvalue weighted by molar-refractivity contribution is -0.119. The summed E-state index contributed by atoms with van der Waals surface area (Å²) in [6.07, 6.45) is 3.91. The zero-order valence-electron chi connectivity index (χ0n) is 10.6. The number of piperidine rings is 1. The number of carbonyl (C=O) groups excluding carboxylic acids is 1. The maximum atomic E-state index is 10.9. The molecular formula is C12H19N5O. The Morgan fingerprint density at radius 1 is 1.44 bits per heavy atom. The SMILES string of the molecule is Cc1c(N)ncnc1N1CCC(CC(N)=O)CC1. The Bertz CT molecular complexity index is 440. The number of carbonyl (C=O) groups is 1. The fourth-order valence-electron chi connectivity index (χ4n) is 2.41. The van der Waals surface area contributed by atoms with Gasteiger partial charge in [0.1, 0.15) is 18.0 Å². The van der Waals surface area contributed by atoms with E-state index in [0.717, 1.165) is 37.3 Å². The summed E-state index contributed by atoms with van der Waals surface area (Å²) in [7, 11) is 0. The maximum absolute atomic E-state index is 10.9. The molecule has 98 valence electrons. The van der Waals surface area contributed by atoms with E-state index in [0.29, 0.717) is 18.2 Å². The van der Waals surface area contributed by atoms with Gasteiger partial charge in [0.25, 0.3) is 0 Å². The molecule has 1 aliphatic heterocycles. The molecule has 1 saturated heterocycles. The molecule has 0 saturated carbocycles. The van der Waals surface area contributed by atoms with Crippen LogP contribution >= 0.6 is 0 Å². The van der Waals surface area contributed by atoms with Gasteiger partial charge in [0, 0.05) is 25.1 Å². The Kier molecular flexibility index (Phi) is 3.64. The van der Waals surface area contributed by atoms with Gasteiger partial charge in [-0.1, -0.05) is 0 Å². The smallest absolute Gasteiger partial charge is 0.217 e. The number of anilines is 2. The Balaban J connectivity index is 2.01. The van der Waals surface area contributed by atoms with E-state index in [1.54, 1.807) is 0 Å². The number of primary amides is 1. The summed E-state index contributed by atoms with van der Waals surface area (Å²) in [5.41, 5.74) is 11.9. The van der Waals surface area contributed by atoms with Crippen molar-refractivity contribution >= 4 is 17.5 Å². The molecule has 1 aliphatic rings. The Labute approximate surface area is 106 Å². The summed E-state index contributed by atoms with van der Waals surface area (Å²) >= 11 is 0. The predicted octanol–water partition coefficient (Wildman–Crippen LogP) is 0.459. The second kappa shape index (κ2) is 5.20. The zero-order chi connectivity index (χ0) is 13.1. The van der Waals surface area contributed by atoms with Gasteiger partial charge < -0.3 is 16.4 Å². The van der Waals surface area contributed by atoms with E-state index in [-0.39, 0.29) is 5.91 Å². The van der Waals surface area contributed by atoms with E-state index in [1.807, 2.05) is 6.92 Å². The van der Waals surface area contributed by atoms with E-state index in [9.17, 15) is 4.79 Å². The van der Waals surface area contributed by atoms with E-state index in [4.69, 9.17) is 11.5 Å². The average molecular weight is 249 g/mol. The topological polar surface area (TPSA) is 98.1 Å². The van der Waals surface area contributed by atoms with Crippen molar-refractivity contribution in [2.45, 2.75) is 26.2 Å². The second-order valence-corrected chi connectivity index (χ2v) is 4.81. The van der Waals surface area contributed by atoms with Crippen LogP contribution in [-0.4, -0.2) is 29.0 Å². The minimum atomic E-state index is -0.212. The summed E-state index contributed by atoms with van der Waals surface area (Å²) < 4.78 is 0. The van der Waals surface area contributed by atoms with Gasteiger partial charge in [0.2, 0.25) is 5.91 Å². The summed E-state index contributed by atoms with van der Waals surface area (Å²) in [6.45, 7) is 3.70. The first-order chi connectivity index (χ1) is 8.58. The van der Waals surface area contributed by atoms with Gasteiger partial charge >= 0.3 is 0 Å². The fourth-order valence-corrected chi connectivity index (χ4v) is 2.41. The third kappa shape index (κ3) is 2.69. The van der Waals surface area contributed by atoms with E-state index >= 15 is 0 Å². The van der Waals surface area contributed by atoms with Gasteiger partial charge in [0.15, 0.2) is 0 Å². The predicted molar refractivity (Wildman–Crippen MR) is 69.9 cm³/mol. The first-order valence-electron chi connectivity index (χ1n) is 6.18. The first-order valence-corrected chi connectivity index (χ1v) is 6.18. The van der Waals surface area contributed by atoms with Crippen LogP contribution < -0.4 is 16.4 Å². The molecule has 0 unspecified atom stereocenters. The number of hydrogen-bond donors (Lipinski definition) is 2. The monoisotopic (exact) mass is 249 g/mol. The van der Waals surface area contributed by atoms with E-state index in [1.165, 1.54) is 6.33 Å². The maximum Gasteiger partial charge on any atom is 0.217 e. The molecule has 1 aromatic heterocycles. The molecule has 6 heteroatoms. The Hall–Kier alpha value is -1.85. The van der Waals surface area contributed by atoms with Gasteiger partial charge in [-0.25, -0.2) is 9.97 Å². The van der Waals surface area contributed by atoms with E-state index in [2.05, 4.69) is 14.9 Å². The molecule has 0 radical (unpaired) electrons. The third-order valence-electron chi connectivity index (χ3n) is 3.50. The van der Waals surface area contributed by atoms with Gasteiger partial charge in [-0.05, 0) is 25.7 Å². The minimum absolute atomic E-state index is 0.212. The molecule has 2 rings (SSSR count). The molecule has 1 aromatic rings. The summed E-state index contributed by atoms with van der Waals surface area (Å²) in [5, 5.41) is 0. The molecule has 6 nitrogen and oxygen atoms in total. The number of hydrogen-bond acceptors (Lipinski definition) is 5. The molecule has 0 aliphatic carbocycles. The van der Waals surface area contributed by atoms with Crippen molar-refractivity contribution in [2.75, 3.05) is 23.7 Å². The molecule has 1 fully saturated rings. The highest BCUT2D eigenvalue weighted by molar-refractivity contribution is 5.74. The van der Waals surface area contributed by atoms with Crippen LogP contribution in [0.25, 0.3) is 0 Å². The second-order valence-electron chi connectivity index (χ2n) is 4.81. The normalized spacial score (nSPS) is 16.8. The minimum Gasteiger partial charge on any atom is -0.383 e.